The van der Waals surface area contributed by atoms with Crippen molar-refractivity contribution in [3.8, 4) is 17.0 Å². The van der Waals surface area contributed by atoms with Gasteiger partial charge in [0.1, 0.15) is 19.0 Å². The number of ether oxygens (including phenoxy) is 4. The number of alkyl halides is 1. The van der Waals surface area contributed by atoms with E-state index in [1.165, 1.54) is 5.69 Å². The van der Waals surface area contributed by atoms with Gasteiger partial charge in [-0.25, -0.2) is 9.37 Å². The second-order valence-corrected chi connectivity index (χ2v) is 7.46. The van der Waals surface area contributed by atoms with E-state index < -0.39 is 6.67 Å². The van der Waals surface area contributed by atoms with Crippen molar-refractivity contribution in [3.05, 3.63) is 54.6 Å². The third-order valence-corrected chi connectivity index (χ3v) is 5.29. The van der Waals surface area contributed by atoms with E-state index in [-0.39, 0.29) is 6.61 Å². The van der Waals surface area contributed by atoms with Crippen LogP contribution in [0.25, 0.3) is 22.2 Å². The predicted molar refractivity (Wildman–Crippen MR) is 123 cm³/mol. The SMILES string of the molecule is [18F]CCOCCOCCOc1ccc2nc(-c3ccc(N4CCOCC4)cc3)ccc2c1. The average Bonchev–Trinajstić information content (AvgIpc) is 2.86. The number of hydrogen-bond donors (Lipinski definition) is 0. The molecule has 4 rings (SSSR count). The molecule has 1 aromatic heterocycles. The first-order valence-electron chi connectivity index (χ1n) is 11.0. The van der Waals surface area contributed by atoms with Crippen molar-refractivity contribution in [3.63, 3.8) is 0 Å². The van der Waals surface area contributed by atoms with Crippen molar-refractivity contribution >= 4 is 16.6 Å². The molecule has 1 fully saturated rings. The Kier molecular flexibility index (Phi) is 8.25. The van der Waals surface area contributed by atoms with Gasteiger partial charge >= 0.3 is 0 Å². The Balaban J connectivity index is 1.31. The Morgan fingerprint density at radius 1 is 0.844 bits per heavy atom. The van der Waals surface area contributed by atoms with Gasteiger partial charge in [-0.15, -0.1) is 0 Å². The summed E-state index contributed by atoms with van der Waals surface area (Å²) in [5.41, 5.74) is 4.18. The maximum atomic E-state index is 11.9. The minimum atomic E-state index is -0.470. The second kappa shape index (κ2) is 11.8. The van der Waals surface area contributed by atoms with E-state index in [2.05, 4.69) is 35.2 Å². The Labute approximate surface area is 187 Å². The number of nitrogens with zero attached hydrogens (tertiary/aromatic N) is 2. The van der Waals surface area contributed by atoms with Crippen molar-refractivity contribution in [1.29, 1.82) is 0 Å². The smallest absolute Gasteiger partial charge is 0.120 e. The molecule has 1 saturated heterocycles. The van der Waals surface area contributed by atoms with Crippen LogP contribution in [0.1, 0.15) is 0 Å². The minimum absolute atomic E-state index is 0.118. The molecule has 1 aliphatic rings. The summed E-state index contributed by atoms with van der Waals surface area (Å²) < 4.78 is 33.5. The number of benzene rings is 2. The first-order chi connectivity index (χ1) is 15.8. The van der Waals surface area contributed by atoms with E-state index in [9.17, 15) is 4.39 Å². The summed E-state index contributed by atoms with van der Waals surface area (Å²) in [5.74, 6) is 0.777. The lowest BCUT2D eigenvalue weighted by Crippen LogP contribution is -2.36. The average molecular weight is 440 g/mol. The predicted octanol–water partition coefficient (Wildman–Crippen LogP) is 4.12. The molecule has 0 radical (unpaired) electrons. The van der Waals surface area contributed by atoms with Gasteiger partial charge in [0.2, 0.25) is 0 Å². The van der Waals surface area contributed by atoms with Gasteiger partial charge in [-0.3, -0.25) is 0 Å². The lowest BCUT2D eigenvalue weighted by Gasteiger charge is -2.28. The number of anilines is 1. The molecule has 7 heteroatoms. The van der Waals surface area contributed by atoms with E-state index in [1.54, 1.807) is 0 Å². The molecule has 0 atom stereocenters. The molecule has 0 amide bonds. The van der Waals surface area contributed by atoms with E-state index >= 15 is 0 Å². The molecule has 170 valence electrons. The second-order valence-electron chi connectivity index (χ2n) is 7.46. The quantitative estimate of drug-likeness (QED) is 0.419. The standard InChI is InChI=1S/C25H29FN2O4/c26-9-12-29-15-16-31-17-18-32-23-6-8-25-21(19-23)3-7-24(27-25)20-1-4-22(5-2-20)28-10-13-30-14-11-28/h1-8,19H,9-18H2/i26-1. The highest BCUT2D eigenvalue weighted by molar-refractivity contribution is 5.83. The Hall–Kier alpha value is -2.74. The number of morpholine rings is 1. The molecule has 6 nitrogen and oxygen atoms in total. The van der Waals surface area contributed by atoms with Gasteiger partial charge in [-0.1, -0.05) is 18.2 Å². The van der Waals surface area contributed by atoms with Gasteiger partial charge in [0.25, 0.3) is 0 Å². The van der Waals surface area contributed by atoms with Crippen LogP contribution in [0.5, 0.6) is 5.75 Å². The van der Waals surface area contributed by atoms with Gasteiger partial charge in [0, 0.05) is 29.7 Å². The molecule has 1 aliphatic heterocycles. The molecular formula is C25H29FN2O4. The molecule has 0 N–H and O–H groups in total. The van der Waals surface area contributed by atoms with Crippen LogP contribution in [0.2, 0.25) is 0 Å². The van der Waals surface area contributed by atoms with E-state index in [0.717, 1.165) is 54.2 Å². The largest absolute Gasteiger partial charge is 0.491 e. The molecular weight excluding hydrogens is 410 g/mol. The maximum absolute atomic E-state index is 11.9. The third-order valence-electron chi connectivity index (χ3n) is 5.29. The summed E-state index contributed by atoms with van der Waals surface area (Å²) in [4.78, 5) is 7.16. The number of fused-ring (bicyclic) bond motifs is 1. The number of pyridine rings is 1. The van der Waals surface area contributed by atoms with E-state index in [1.807, 2.05) is 24.3 Å². The zero-order valence-corrected chi connectivity index (χ0v) is 18.2. The zero-order valence-electron chi connectivity index (χ0n) is 18.2. The lowest BCUT2D eigenvalue weighted by molar-refractivity contribution is 0.0325. The number of aromatic nitrogens is 1. The summed E-state index contributed by atoms with van der Waals surface area (Å²) in [6, 6.07) is 18.5. The highest BCUT2D eigenvalue weighted by Crippen LogP contribution is 2.26. The van der Waals surface area contributed by atoms with Crippen LogP contribution in [0.15, 0.2) is 54.6 Å². The first kappa shape index (κ1) is 22.5. The summed E-state index contributed by atoms with van der Waals surface area (Å²) >= 11 is 0. The number of hydrogen-bond acceptors (Lipinski definition) is 6. The third kappa shape index (κ3) is 6.16. The van der Waals surface area contributed by atoms with Gasteiger partial charge in [0.05, 0.1) is 50.9 Å². The van der Waals surface area contributed by atoms with Gasteiger partial charge in [-0.2, -0.15) is 0 Å². The first-order valence-corrected chi connectivity index (χ1v) is 11.0. The van der Waals surface area contributed by atoms with Crippen LogP contribution >= 0.6 is 0 Å². The van der Waals surface area contributed by atoms with Gasteiger partial charge < -0.3 is 23.8 Å². The van der Waals surface area contributed by atoms with Crippen molar-refractivity contribution in [2.45, 2.75) is 0 Å². The molecule has 2 heterocycles. The van der Waals surface area contributed by atoms with Crippen molar-refractivity contribution in [2.24, 2.45) is 0 Å². The molecule has 0 spiro atoms. The van der Waals surface area contributed by atoms with Crippen LogP contribution in [-0.4, -0.2) is 71.0 Å². The monoisotopic (exact) mass is 439 g/mol. The fourth-order valence-corrected chi connectivity index (χ4v) is 3.61. The molecule has 32 heavy (non-hydrogen) atoms. The molecule has 0 bridgehead atoms. The van der Waals surface area contributed by atoms with Crippen molar-refractivity contribution < 1.29 is 23.3 Å². The van der Waals surface area contributed by atoms with Crippen LogP contribution in [-0.2, 0) is 14.2 Å². The zero-order chi connectivity index (χ0) is 22.0. The highest BCUT2D eigenvalue weighted by Gasteiger charge is 2.11. The van der Waals surface area contributed by atoms with Crippen LogP contribution in [0.4, 0.5) is 10.1 Å². The van der Waals surface area contributed by atoms with E-state index in [0.29, 0.717) is 26.4 Å². The van der Waals surface area contributed by atoms with Crippen LogP contribution < -0.4 is 9.64 Å². The molecule has 0 saturated carbocycles. The topological polar surface area (TPSA) is 53.0 Å². The molecule has 0 unspecified atom stereocenters. The number of halogens is 1. The van der Waals surface area contributed by atoms with Crippen molar-refractivity contribution in [1.82, 2.24) is 4.98 Å². The normalized spacial score (nSPS) is 14.1. The fourth-order valence-electron chi connectivity index (χ4n) is 3.61. The van der Waals surface area contributed by atoms with Crippen molar-refractivity contribution in [2.75, 3.05) is 70.9 Å². The van der Waals surface area contributed by atoms with Crippen LogP contribution in [0, 0.1) is 0 Å². The minimum Gasteiger partial charge on any atom is -0.491 e. The van der Waals surface area contributed by atoms with E-state index in [4.69, 9.17) is 23.9 Å². The summed E-state index contributed by atoms with van der Waals surface area (Å²) in [5, 5.41) is 1.02. The highest BCUT2D eigenvalue weighted by atomic mass is 18.2. The molecule has 0 aliphatic carbocycles. The molecule has 3 aromatic rings. The fraction of sp³-hybridized carbons (Fsp3) is 0.400. The Bertz CT molecular complexity index is 977. The van der Waals surface area contributed by atoms with Gasteiger partial charge in [0.15, 0.2) is 0 Å². The van der Waals surface area contributed by atoms with Gasteiger partial charge in [-0.05, 0) is 36.4 Å². The summed E-state index contributed by atoms with van der Waals surface area (Å²) in [6.45, 7) is 4.79. The lowest BCUT2D eigenvalue weighted by atomic mass is 10.1. The van der Waals surface area contributed by atoms with Crippen LogP contribution in [0.3, 0.4) is 0 Å². The Morgan fingerprint density at radius 3 is 2.38 bits per heavy atom. The summed E-state index contributed by atoms with van der Waals surface area (Å²) in [7, 11) is 0. The Morgan fingerprint density at radius 2 is 1.59 bits per heavy atom. The maximum Gasteiger partial charge on any atom is 0.120 e. The molecule has 2 aromatic carbocycles. The summed E-state index contributed by atoms with van der Waals surface area (Å²) in [6.07, 6.45) is 0. The number of rotatable bonds is 11.